The Morgan fingerprint density at radius 2 is 1.93 bits per heavy atom. The van der Waals surface area contributed by atoms with Gasteiger partial charge in [-0.3, -0.25) is 4.79 Å². The summed E-state index contributed by atoms with van der Waals surface area (Å²) in [6, 6.07) is 9.67. The van der Waals surface area contributed by atoms with Crippen molar-refractivity contribution in [3.8, 4) is 0 Å². The van der Waals surface area contributed by atoms with Crippen molar-refractivity contribution in [3.63, 3.8) is 0 Å². The van der Waals surface area contributed by atoms with Crippen LogP contribution < -0.4 is 0 Å². The fraction of sp³-hybridized carbons (Fsp3) is 0.348. The number of hydrogen-bond donors (Lipinski definition) is 0. The van der Waals surface area contributed by atoms with Gasteiger partial charge in [0.15, 0.2) is 15.6 Å². The predicted molar refractivity (Wildman–Crippen MR) is 114 cm³/mol. The number of carbonyl (C=O) groups excluding carboxylic acids is 1. The molecule has 0 radical (unpaired) electrons. The second-order valence-corrected chi connectivity index (χ2v) is 10.3. The number of fused-ring (bicyclic) bond motifs is 1. The van der Waals surface area contributed by atoms with Crippen molar-refractivity contribution in [2.24, 2.45) is 0 Å². The predicted octanol–water partition coefficient (Wildman–Crippen LogP) is 4.33. The summed E-state index contributed by atoms with van der Waals surface area (Å²) in [7, 11) is -3.22. The second-order valence-electron chi connectivity index (χ2n) is 8.10. The monoisotopic (exact) mass is 429 g/mol. The molecule has 1 atom stereocenters. The highest BCUT2D eigenvalue weighted by Crippen LogP contribution is 2.31. The maximum Gasteiger partial charge on any atom is 0.290 e. The molecule has 1 aromatic heterocycles. The maximum atomic E-state index is 14.3. The maximum absolute atomic E-state index is 14.3. The van der Waals surface area contributed by atoms with Crippen molar-refractivity contribution in [3.05, 3.63) is 70.2 Å². The van der Waals surface area contributed by atoms with Gasteiger partial charge in [0.25, 0.3) is 5.91 Å². The molecule has 0 bridgehead atoms. The van der Waals surface area contributed by atoms with Gasteiger partial charge >= 0.3 is 0 Å². The molecule has 3 aromatic rings. The Bertz CT molecular complexity index is 1250. The van der Waals surface area contributed by atoms with Gasteiger partial charge in [0.1, 0.15) is 11.4 Å². The minimum absolute atomic E-state index is 0.0137. The summed E-state index contributed by atoms with van der Waals surface area (Å²) in [4.78, 5) is 15.0. The molecule has 1 amide bonds. The number of furan rings is 1. The van der Waals surface area contributed by atoms with E-state index in [1.54, 1.807) is 18.2 Å². The molecule has 0 saturated carbocycles. The van der Waals surface area contributed by atoms with Gasteiger partial charge < -0.3 is 9.32 Å². The number of benzene rings is 2. The third kappa shape index (κ3) is 3.74. The first-order chi connectivity index (χ1) is 14.2. The highest BCUT2D eigenvalue weighted by molar-refractivity contribution is 7.91. The van der Waals surface area contributed by atoms with E-state index in [-0.39, 0.29) is 23.8 Å². The number of aryl methyl sites for hydroxylation is 3. The highest BCUT2D eigenvalue weighted by atomic mass is 32.2. The van der Waals surface area contributed by atoms with E-state index in [0.29, 0.717) is 23.1 Å². The summed E-state index contributed by atoms with van der Waals surface area (Å²) in [5.74, 6) is -0.754. The van der Waals surface area contributed by atoms with E-state index in [1.807, 2.05) is 32.9 Å². The zero-order valence-corrected chi connectivity index (χ0v) is 18.1. The summed E-state index contributed by atoms with van der Waals surface area (Å²) in [5, 5.41) is 0.862. The normalized spacial score (nSPS) is 18.1. The van der Waals surface area contributed by atoms with Gasteiger partial charge in [0.05, 0.1) is 11.5 Å². The Balaban J connectivity index is 1.78. The molecule has 1 saturated heterocycles. The number of hydrogen-bond acceptors (Lipinski definition) is 4. The van der Waals surface area contributed by atoms with E-state index in [2.05, 4.69) is 0 Å². The molecule has 1 fully saturated rings. The third-order valence-electron chi connectivity index (χ3n) is 5.77. The van der Waals surface area contributed by atoms with Crippen LogP contribution in [0.5, 0.6) is 0 Å². The van der Waals surface area contributed by atoms with E-state index < -0.39 is 27.6 Å². The summed E-state index contributed by atoms with van der Waals surface area (Å²) >= 11 is 0. The average molecular weight is 430 g/mol. The lowest BCUT2D eigenvalue weighted by atomic mass is 10.0. The van der Waals surface area contributed by atoms with Crippen LogP contribution in [0.25, 0.3) is 11.0 Å². The van der Waals surface area contributed by atoms with Crippen LogP contribution in [0, 0.1) is 26.6 Å². The Kier molecular flexibility index (Phi) is 5.18. The van der Waals surface area contributed by atoms with Crippen LogP contribution in [0.1, 0.15) is 39.2 Å². The van der Waals surface area contributed by atoms with Crippen LogP contribution in [0.15, 0.2) is 40.8 Å². The topological polar surface area (TPSA) is 67.6 Å². The molecule has 2 aromatic carbocycles. The lowest BCUT2D eigenvalue weighted by molar-refractivity contribution is 0.0647. The molecule has 30 heavy (non-hydrogen) atoms. The fourth-order valence-electron chi connectivity index (χ4n) is 4.20. The second kappa shape index (κ2) is 7.54. The van der Waals surface area contributed by atoms with E-state index in [9.17, 15) is 17.6 Å². The van der Waals surface area contributed by atoms with E-state index in [1.165, 1.54) is 11.0 Å². The summed E-state index contributed by atoms with van der Waals surface area (Å²) in [5.41, 5.74) is 3.69. The number of nitrogens with zero attached hydrogens (tertiary/aromatic N) is 1. The van der Waals surface area contributed by atoms with Gasteiger partial charge in [-0.2, -0.15) is 0 Å². The van der Waals surface area contributed by atoms with Gasteiger partial charge in [-0.15, -0.1) is 0 Å². The molecule has 5 nitrogen and oxygen atoms in total. The highest BCUT2D eigenvalue weighted by Gasteiger charge is 2.37. The smallest absolute Gasteiger partial charge is 0.290 e. The first kappa shape index (κ1) is 20.6. The molecule has 0 aliphatic carbocycles. The molecule has 158 valence electrons. The number of carbonyl (C=O) groups is 1. The fourth-order valence-corrected chi connectivity index (χ4v) is 5.93. The SMILES string of the molecule is Cc1cc(C)c2oc(C(=O)N(Cc3ccccc3F)[C@@H]3CCS(=O)(=O)C3)c(C)c2c1. The van der Waals surface area contributed by atoms with E-state index in [4.69, 9.17) is 4.42 Å². The standard InChI is InChI=1S/C23H24FNO4S/c1-14-10-15(2)21-19(11-14)16(3)22(29-21)23(26)25(18-8-9-30(27,28)13-18)12-17-6-4-5-7-20(17)24/h4-7,10-11,18H,8-9,12-13H2,1-3H3/t18-/m1/s1. The lowest BCUT2D eigenvalue weighted by Gasteiger charge is -2.28. The largest absolute Gasteiger partial charge is 0.450 e. The molecule has 1 aliphatic heterocycles. The lowest BCUT2D eigenvalue weighted by Crippen LogP contribution is -2.41. The minimum Gasteiger partial charge on any atom is -0.450 e. The van der Waals surface area contributed by atoms with Crippen molar-refractivity contribution in [2.75, 3.05) is 11.5 Å². The molecule has 2 heterocycles. The van der Waals surface area contributed by atoms with Crippen LogP contribution in [-0.4, -0.2) is 36.8 Å². The van der Waals surface area contributed by atoms with Crippen molar-refractivity contribution < 1.29 is 22.0 Å². The van der Waals surface area contributed by atoms with Crippen LogP contribution in [0.4, 0.5) is 4.39 Å². The quantitative estimate of drug-likeness (QED) is 0.619. The minimum atomic E-state index is -3.22. The van der Waals surface area contributed by atoms with Gasteiger partial charge in [-0.25, -0.2) is 12.8 Å². The molecule has 0 unspecified atom stereocenters. The Labute approximate surface area is 175 Å². The zero-order valence-electron chi connectivity index (χ0n) is 17.2. The van der Waals surface area contributed by atoms with Crippen molar-refractivity contribution in [1.82, 2.24) is 4.90 Å². The molecule has 4 rings (SSSR count). The van der Waals surface area contributed by atoms with Crippen molar-refractivity contribution in [2.45, 2.75) is 39.8 Å². The van der Waals surface area contributed by atoms with Gasteiger partial charge in [0.2, 0.25) is 0 Å². The number of sulfone groups is 1. The summed E-state index contributed by atoms with van der Waals surface area (Å²) in [6.07, 6.45) is 0.333. The Morgan fingerprint density at radius 1 is 1.20 bits per heavy atom. The van der Waals surface area contributed by atoms with Crippen molar-refractivity contribution >= 4 is 26.7 Å². The molecular formula is C23H24FNO4S. The van der Waals surface area contributed by atoms with Gasteiger partial charge in [-0.1, -0.05) is 24.3 Å². The molecule has 7 heteroatoms. The van der Waals surface area contributed by atoms with Crippen LogP contribution >= 0.6 is 0 Å². The number of rotatable bonds is 4. The molecular weight excluding hydrogens is 405 g/mol. The van der Waals surface area contributed by atoms with Gasteiger partial charge in [-0.05, 0) is 50.5 Å². The van der Waals surface area contributed by atoms with Crippen LogP contribution in [-0.2, 0) is 16.4 Å². The molecule has 0 N–H and O–H groups in total. The number of amides is 1. The average Bonchev–Trinajstić information content (AvgIpc) is 3.20. The molecule has 1 aliphatic rings. The first-order valence-electron chi connectivity index (χ1n) is 9.91. The van der Waals surface area contributed by atoms with Crippen LogP contribution in [0.3, 0.4) is 0 Å². The Hall–Kier alpha value is -2.67. The van der Waals surface area contributed by atoms with Crippen molar-refractivity contribution in [1.29, 1.82) is 0 Å². The zero-order chi connectivity index (χ0) is 21.6. The van der Waals surface area contributed by atoms with E-state index in [0.717, 1.165) is 16.5 Å². The van der Waals surface area contributed by atoms with Gasteiger partial charge in [0, 0.05) is 29.1 Å². The molecule has 0 spiro atoms. The summed E-state index contributed by atoms with van der Waals surface area (Å²) in [6.45, 7) is 5.71. The number of halogens is 1. The Morgan fingerprint density at radius 3 is 2.60 bits per heavy atom. The van der Waals surface area contributed by atoms with Crippen LogP contribution in [0.2, 0.25) is 0 Å². The van der Waals surface area contributed by atoms with E-state index >= 15 is 0 Å². The summed E-state index contributed by atoms with van der Waals surface area (Å²) < 4.78 is 44.4. The third-order valence-corrected chi connectivity index (χ3v) is 7.52. The first-order valence-corrected chi connectivity index (χ1v) is 11.7.